The molecule has 4 aliphatic rings. The van der Waals surface area contributed by atoms with Gasteiger partial charge in [-0.15, -0.1) is 0 Å². The first-order valence-corrected chi connectivity index (χ1v) is 17.3. The van der Waals surface area contributed by atoms with Gasteiger partial charge in [-0.25, -0.2) is 0 Å². The molecule has 0 saturated heterocycles. The highest BCUT2D eigenvalue weighted by molar-refractivity contribution is 5.15. The van der Waals surface area contributed by atoms with Crippen LogP contribution in [0.25, 0.3) is 0 Å². The second-order valence-corrected chi connectivity index (χ2v) is 14.6. The van der Waals surface area contributed by atoms with E-state index in [0.29, 0.717) is 72.8 Å². The van der Waals surface area contributed by atoms with E-state index < -0.39 is 0 Å². The number of methoxy groups -OCH3 is 1. The van der Waals surface area contributed by atoms with Gasteiger partial charge < -0.3 is 36.1 Å². The van der Waals surface area contributed by atoms with Crippen LogP contribution >= 0.6 is 0 Å². The van der Waals surface area contributed by atoms with Crippen LogP contribution in [0.15, 0.2) is 0 Å². The van der Waals surface area contributed by atoms with Crippen molar-refractivity contribution in [3.8, 4) is 0 Å². The zero-order valence-corrected chi connectivity index (χ0v) is 27.0. The molecule has 240 valence electrons. The Bertz CT molecular complexity index is 772. The molecule has 0 spiro atoms. The van der Waals surface area contributed by atoms with Crippen LogP contribution in [-0.2, 0) is 18.9 Å². The fraction of sp³-hybridized carbons (Fsp3) is 1.00. The maximum atomic E-state index is 6.94. The first kappa shape index (κ1) is 33.6. The van der Waals surface area contributed by atoms with E-state index in [9.17, 15) is 0 Å². The molecule has 4 aliphatic carbocycles. The average Bonchev–Trinajstić information content (AvgIpc) is 3.32. The second-order valence-electron chi connectivity index (χ2n) is 14.6. The molecule has 0 radical (unpaired) electrons. The van der Waals surface area contributed by atoms with E-state index in [1.807, 2.05) is 7.11 Å². The Kier molecular flexibility index (Phi) is 12.8. The lowest BCUT2D eigenvalue weighted by atomic mass is 9.43. The van der Waals surface area contributed by atoms with Crippen LogP contribution in [0.4, 0.5) is 0 Å². The van der Waals surface area contributed by atoms with Crippen LogP contribution in [-0.4, -0.2) is 71.5 Å². The largest absolute Gasteiger partial charge is 0.385 e. The highest BCUT2D eigenvalue weighted by Gasteiger charge is 2.66. The van der Waals surface area contributed by atoms with E-state index in [1.165, 1.54) is 38.5 Å². The Morgan fingerprint density at radius 2 is 1.44 bits per heavy atom. The molecule has 6 N–H and O–H groups in total. The molecular formula is C34H65N3O4. The Morgan fingerprint density at radius 1 is 0.756 bits per heavy atom. The lowest BCUT2D eigenvalue weighted by molar-refractivity contribution is -0.227. The molecule has 0 aromatic heterocycles. The highest BCUT2D eigenvalue weighted by Crippen LogP contribution is 2.69. The van der Waals surface area contributed by atoms with Crippen LogP contribution in [0.5, 0.6) is 0 Å². The number of fused-ring (bicyclic) bond motifs is 5. The van der Waals surface area contributed by atoms with Crippen molar-refractivity contribution in [3.05, 3.63) is 0 Å². The quantitative estimate of drug-likeness (QED) is 0.205. The van der Waals surface area contributed by atoms with E-state index in [2.05, 4.69) is 20.8 Å². The van der Waals surface area contributed by atoms with Gasteiger partial charge in [0.25, 0.3) is 0 Å². The molecule has 41 heavy (non-hydrogen) atoms. The normalized spacial score (nSPS) is 41.0. The first-order valence-electron chi connectivity index (χ1n) is 17.3. The smallest absolute Gasteiger partial charge is 0.0637 e. The number of ether oxygens (including phenoxy) is 4. The minimum absolute atomic E-state index is 0.170. The third-order valence-corrected chi connectivity index (χ3v) is 12.5. The monoisotopic (exact) mass is 579 g/mol. The van der Waals surface area contributed by atoms with E-state index in [1.54, 1.807) is 0 Å². The van der Waals surface area contributed by atoms with Gasteiger partial charge in [-0.05, 0) is 138 Å². The zero-order valence-electron chi connectivity index (χ0n) is 27.0. The molecule has 0 amide bonds. The molecule has 0 heterocycles. The van der Waals surface area contributed by atoms with Crippen LogP contribution in [0.3, 0.4) is 0 Å². The summed E-state index contributed by atoms with van der Waals surface area (Å²) in [6, 6.07) is 0. The lowest BCUT2D eigenvalue weighted by Crippen LogP contribution is -2.63. The van der Waals surface area contributed by atoms with Crippen molar-refractivity contribution in [2.75, 3.05) is 53.2 Å². The maximum absolute atomic E-state index is 6.94. The van der Waals surface area contributed by atoms with Gasteiger partial charge in [0.05, 0.1) is 18.3 Å². The third kappa shape index (κ3) is 7.18. The topological polar surface area (TPSA) is 115 Å². The van der Waals surface area contributed by atoms with Gasteiger partial charge >= 0.3 is 0 Å². The maximum Gasteiger partial charge on any atom is 0.0637 e. The van der Waals surface area contributed by atoms with Gasteiger partial charge in [0.1, 0.15) is 0 Å². The summed E-state index contributed by atoms with van der Waals surface area (Å²) in [5.41, 5.74) is 18.1. The predicted molar refractivity (Wildman–Crippen MR) is 166 cm³/mol. The third-order valence-electron chi connectivity index (χ3n) is 12.5. The van der Waals surface area contributed by atoms with Crippen molar-refractivity contribution in [1.82, 2.24) is 0 Å². The van der Waals surface area contributed by atoms with Crippen molar-refractivity contribution in [1.29, 1.82) is 0 Å². The first-order chi connectivity index (χ1) is 19.8. The SMILES string of the molecule is COCCC[C@@H](C)[C@H]1CC[C@H]2[C@@H]3[C@H](OCCCN)C[C@@H]4C[C@H](OCCCN)CC[C@]4(C)[C@H]3C[C@H](OCCCN)[C@]12C. The Morgan fingerprint density at radius 3 is 2.12 bits per heavy atom. The average molecular weight is 580 g/mol. The summed E-state index contributed by atoms with van der Waals surface area (Å²) in [6.07, 6.45) is 14.6. The Labute approximate surface area is 251 Å². The van der Waals surface area contributed by atoms with Crippen molar-refractivity contribution in [3.63, 3.8) is 0 Å². The van der Waals surface area contributed by atoms with Crippen LogP contribution < -0.4 is 17.2 Å². The van der Waals surface area contributed by atoms with Crippen LogP contribution in [0, 0.1) is 46.3 Å². The number of hydrogen-bond acceptors (Lipinski definition) is 7. The molecule has 4 fully saturated rings. The minimum atomic E-state index is 0.170. The molecule has 4 rings (SSSR count). The van der Waals surface area contributed by atoms with Crippen molar-refractivity contribution >= 4 is 0 Å². The van der Waals surface area contributed by atoms with Gasteiger partial charge in [-0.3, -0.25) is 0 Å². The van der Waals surface area contributed by atoms with Gasteiger partial charge in [0, 0.05) is 39.0 Å². The van der Waals surface area contributed by atoms with Gasteiger partial charge in [0.15, 0.2) is 0 Å². The molecule has 0 aliphatic heterocycles. The summed E-state index contributed by atoms with van der Waals surface area (Å²) in [5, 5.41) is 0. The fourth-order valence-corrected chi connectivity index (χ4v) is 10.3. The summed E-state index contributed by atoms with van der Waals surface area (Å²) in [7, 11) is 1.82. The van der Waals surface area contributed by atoms with Crippen LogP contribution in [0.2, 0.25) is 0 Å². The van der Waals surface area contributed by atoms with E-state index in [0.717, 1.165) is 65.0 Å². The molecule has 7 heteroatoms. The number of nitrogens with two attached hydrogens (primary N) is 3. The van der Waals surface area contributed by atoms with Crippen LogP contribution in [0.1, 0.15) is 97.8 Å². The number of rotatable bonds is 17. The fourth-order valence-electron chi connectivity index (χ4n) is 10.3. The molecule has 4 saturated carbocycles. The molecule has 0 aromatic carbocycles. The second kappa shape index (κ2) is 15.6. The molecule has 11 atom stereocenters. The van der Waals surface area contributed by atoms with Gasteiger partial charge in [-0.1, -0.05) is 20.8 Å². The van der Waals surface area contributed by atoms with Gasteiger partial charge in [-0.2, -0.15) is 0 Å². The summed E-state index contributed by atoms with van der Waals surface area (Å²) < 4.78 is 25.6. The molecule has 0 bridgehead atoms. The summed E-state index contributed by atoms with van der Waals surface area (Å²) in [6.45, 7) is 13.0. The summed E-state index contributed by atoms with van der Waals surface area (Å²) in [4.78, 5) is 0. The van der Waals surface area contributed by atoms with Gasteiger partial charge in [0.2, 0.25) is 0 Å². The minimum Gasteiger partial charge on any atom is -0.385 e. The molecule has 0 unspecified atom stereocenters. The highest BCUT2D eigenvalue weighted by atomic mass is 16.5. The standard InChI is InChI=1S/C34H65N3O4/c1-24(9-5-17-38-4)27-10-11-28-32-29(23-31(34(27,28)3)41-20-8-16-37)33(2)13-12-26(39-18-6-14-35)21-25(33)22-30(32)40-19-7-15-36/h24-32H,5-23,35-37H2,1-4H3/t24-,25+,26-,27-,28+,29+,30-,31+,32+,33+,34-/m1/s1. The lowest BCUT2D eigenvalue weighted by Gasteiger charge is -2.65. The Balaban J connectivity index is 1.63. The van der Waals surface area contributed by atoms with Crippen molar-refractivity contribution < 1.29 is 18.9 Å². The van der Waals surface area contributed by atoms with E-state index >= 15 is 0 Å². The number of hydrogen-bond donors (Lipinski definition) is 3. The molecule has 7 nitrogen and oxygen atoms in total. The molecular weight excluding hydrogens is 514 g/mol. The summed E-state index contributed by atoms with van der Waals surface area (Å²) in [5.74, 6) is 3.83. The van der Waals surface area contributed by atoms with Crippen molar-refractivity contribution in [2.24, 2.45) is 63.5 Å². The van der Waals surface area contributed by atoms with E-state index in [4.69, 9.17) is 36.1 Å². The zero-order chi connectivity index (χ0) is 29.5. The predicted octanol–water partition coefficient (Wildman–Crippen LogP) is 5.13. The molecule has 0 aromatic rings. The van der Waals surface area contributed by atoms with Crippen molar-refractivity contribution in [2.45, 2.75) is 116 Å². The Hall–Kier alpha value is -0.280. The van der Waals surface area contributed by atoms with E-state index in [-0.39, 0.29) is 11.5 Å². The summed E-state index contributed by atoms with van der Waals surface area (Å²) >= 11 is 0.